The molecule has 4 heterocycles. The van der Waals surface area contributed by atoms with Crippen molar-refractivity contribution in [3.05, 3.63) is 76.5 Å². The van der Waals surface area contributed by atoms with Gasteiger partial charge in [0.2, 0.25) is 17.5 Å². The van der Waals surface area contributed by atoms with Crippen LogP contribution >= 0.6 is 0 Å². The van der Waals surface area contributed by atoms with E-state index < -0.39 is 133 Å². The number of phenolic OH excluding ortho intramolecular Hbond substituents is 4. The third-order valence-electron chi connectivity index (χ3n) is 11.1. The van der Waals surface area contributed by atoms with E-state index in [1.807, 2.05) is 0 Å². The molecule has 0 radical (unpaired) electrons. The Hall–Kier alpha value is -5.60. The zero-order valence-electron chi connectivity index (χ0n) is 34.6. The van der Waals surface area contributed by atoms with E-state index in [0.29, 0.717) is 5.56 Å². The van der Waals surface area contributed by atoms with Gasteiger partial charge in [-0.25, -0.2) is 4.79 Å². The van der Waals surface area contributed by atoms with Crippen molar-refractivity contribution in [2.24, 2.45) is 0 Å². The molecule has 15 atom stereocenters. The van der Waals surface area contributed by atoms with E-state index in [4.69, 9.17) is 42.3 Å². The Morgan fingerprint density at radius 2 is 1.37 bits per heavy atom. The second-order valence-corrected chi connectivity index (χ2v) is 15.6. The number of aromatic hydroxyl groups is 4. The van der Waals surface area contributed by atoms with Gasteiger partial charge >= 0.3 is 5.97 Å². The summed E-state index contributed by atoms with van der Waals surface area (Å²) in [5.41, 5.74) is -0.805. The SMILES string of the molecule is COc1cc(/C=C/C(=O)O[C@@H]2[C@@H](O)[C@@H](O)[C@H](O[C@H]3[C@H](Oc4c(-c5ccc(O)cc5)oc5cc(O)cc(O)c5c4=O)O[C@H](CO[C@@H]4O[C@@H](C)[C@H](O)[C@@H](O)[C@H]4O)[C@@H](O)[C@@H]3O)O[C@H]2C)ccc1O. The molecule has 0 amide bonds. The van der Waals surface area contributed by atoms with Gasteiger partial charge in [0.05, 0.1) is 25.9 Å². The Kier molecular flexibility index (Phi) is 14.2. The first-order chi connectivity index (χ1) is 30.9. The van der Waals surface area contributed by atoms with Crippen LogP contribution in [0.15, 0.2) is 69.9 Å². The van der Waals surface area contributed by atoms with E-state index in [2.05, 4.69) is 0 Å². The van der Waals surface area contributed by atoms with Crippen LogP contribution in [0.1, 0.15) is 19.4 Å². The fourth-order valence-electron chi connectivity index (χ4n) is 7.49. The van der Waals surface area contributed by atoms with Gasteiger partial charge in [-0.2, -0.15) is 0 Å². The number of carbonyl (C=O) groups excluding carboxylic acids is 1. The summed E-state index contributed by atoms with van der Waals surface area (Å²) >= 11 is 0. The maximum Gasteiger partial charge on any atom is 0.331 e. The van der Waals surface area contributed by atoms with Gasteiger partial charge in [-0.05, 0) is 61.9 Å². The molecule has 0 aliphatic carbocycles. The molecule has 65 heavy (non-hydrogen) atoms. The van der Waals surface area contributed by atoms with Crippen LogP contribution in [0.5, 0.6) is 34.5 Å². The lowest BCUT2D eigenvalue weighted by atomic mass is 9.97. The highest BCUT2D eigenvalue weighted by molar-refractivity contribution is 5.88. The minimum Gasteiger partial charge on any atom is -0.508 e. The lowest BCUT2D eigenvalue weighted by Gasteiger charge is -2.46. The third kappa shape index (κ3) is 9.84. The van der Waals surface area contributed by atoms with E-state index in [1.54, 1.807) is 0 Å². The number of hydrogen-bond acceptors (Lipinski definition) is 22. The number of rotatable bonds is 12. The summed E-state index contributed by atoms with van der Waals surface area (Å²) in [6.07, 6.45) is -23.4. The summed E-state index contributed by atoms with van der Waals surface area (Å²) in [7, 11) is 1.34. The van der Waals surface area contributed by atoms with Crippen LogP contribution < -0.4 is 14.9 Å². The molecule has 0 unspecified atom stereocenters. The Morgan fingerprint density at radius 1 is 0.692 bits per heavy atom. The summed E-state index contributed by atoms with van der Waals surface area (Å²) in [6, 6.07) is 11.4. The molecule has 4 aromatic rings. The normalized spacial score (nSPS) is 32.9. The second kappa shape index (κ2) is 19.5. The minimum atomic E-state index is -2.08. The van der Waals surface area contributed by atoms with Gasteiger partial charge in [-0.15, -0.1) is 0 Å². The van der Waals surface area contributed by atoms with Crippen LogP contribution in [-0.4, -0.2) is 168 Å². The highest BCUT2D eigenvalue weighted by Crippen LogP contribution is 2.39. The summed E-state index contributed by atoms with van der Waals surface area (Å²) in [6.45, 7) is 2.06. The number of hydrogen-bond donors (Lipinski definition) is 11. The lowest BCUT2D eigenvalue weighted by Crippen LogP contribution is -2.65. The molecular weight excluding hydrogens is 868 g/mol. The lowest BCUT2D eigenvalue weighted by molar-refractivity contribution is -0.360. The molecule has 352 valence electrons. The van der Waals surface area contributed by atoms with Gasteiger partial charge in [-0.3, -0.25) is 4.79 Å². The zero-order chi connectivity index (χ0) is 47.0. The van der Waals surface area contributed by atoms with Crippen LogP contribution in [0, 0.1) is 0 Å². The molecule has 3 aromatic carbocycles. The van der Waals surface area contributed by atoms with Crippen LogP contribution in [0.25, 0.3) is 28.4 Å². The Bertz CT molecular complexity index is 2400. The highest BCUT2D eigenvalue weighted by Gasteiger charge is 2.53. The Labute approximate surface area is 367 Å². The van der Waals surface area contributed by atoms with E-state index in [-0.39, 0.29) is 34.2 Å². The fraction of sp³-hybridized carbons (Fsp3) is 0.442. The number of carbonyl (C=O) groups is 1. The smallest absolute Gasteiger partial charge is 0.331 e. The largest absolute Gasteiger partial charge is 0.508 e. The average Bonchev–Trinajstić information content (AvgIpc) is 3.27. The highest BCUT2D eigenvalue weighted by atomic mass is 16.8. The zero-order valence-corrected chi connectivity index (χ0v) is 34.6. The maximum atomic E-state index is 14.3. The summed E-state index contributed by atoms with van der Waals surface area (Å²) < 4.78 is 51.5. The summed E-state index contributed by atoms with van der Waals surface area (Å²) in [5, 5.41) is 117. The van der Waals surface area contributed by atoms with Crippen LogP contribution in [0.4, 0.5) is 0 Å². The summed E-state index contributed by atoms with van der Waals surface area (Å²) in [5.74, 6) is -3.38. The molecule has 3 saturated heterocycles. The van der Waals surface area contributed by atoms with Gasteiger partial charge < -0.3 is 98.5 Å². The van der Waals surface area contributed by atoms with E-state index >= 15 is 0 Å². The molecule has 22 nitrogen and oxygen atoms in total. The standard InChI is InChI=1S/C43H48O22/c1-16-29(49)32(52)35(55)41(59-16)58-15-26-30(50)33(53)40(65-42-36(56)34(54)37(17(2)60-42)63-27(48)11-5-18-4-10-22(46)24(12-18)57-3)43(62-26)64-39-31(51)28-23(47)13-21(45)14-25(28)61-38(39)19-6-8-20(44)9-7-19/h4-14,16-17,26,29-30,32-37,40-47,49-50,52-56H,15H2,1-3H3/b11-5+/t16-,17-,26+,29-,30+,32+,33-,34-,35+,36+,37-,40+,41+,42-,43-/m0/s1. The van der Waals surface area contributed by atoms with Crippen molar-refractivity contribution < 1.29 is 103 Å². The van der Waals surface area contributed by atoms with E-state index in [1.165, 1.54) is 69.5 Å². The molecule has 7 rings (SSSR count). The number of phenols is 4. The number of ether oxygens (including phenoxy) is 8. The van der Waals surface area contributed by atoms with Crippen molar-refractivity contribution in [3.8, 4) is 45.8 Å². The Balaban J connectivity index is 1.18. The predicted octanol–water partition coefficient (Wildman–Crippen LogP) is -0.562. The van der Waals surface area contributed by atoms with Crippen LogP contribution in [0.3, 0.4) is 0 Å². The van der Waals surface area contributed by atoms with E-state index in [9.17, 15) is 65.8 Å². The predicted molar refractivity (Wildman–Crippen MR) is 217 cm³/mol. The molecule has 3 fully saturated rings. The first-order valence-corrected chi connectivity index (χ1v) is 20.1. The van der Waals surface area contributed by atoms with Crippen LogP contribution in [0.2, 0.25) is 0 Å². The quantitative estimate of drug-likeness (QED) is 0.0626. The van der Waals surface area contributed by atoms with Gasteiger partial charge in [0.15, 0.2) is 42.0 Å². The van der Waals surface area contributed by atoms with Crippen molar-refractivity contribution in [1.29, 1.82) is 0 Å². The Morgan fingerprint density at radius 3 is 2.08 bits per heavy atom. The molecule has 0 bridgehead atoms. The van der Waals surface area contributed by atoms with Crippen LogP contribution in [-0.2, 0) is 33.2 Å². The van der Waals surface area contributed by atoms with Crippen molar-refractivity contribution in [2.75, 3.05) is 13.7 Å². The van der Waals surface area contributed by atoms with Gasteiger partial charge in [0.25, 0.3) is 0 Å². The molecule has 0 saturated carbocycles. The number of benzene rings is 3. The number of methoxy groups -OCH3 is 1. The summed E-state index contributed by atoms with van der Waals surface area (Å²) in [4.78, 5) is 27.1. The number of esters is 1. The molecule has 1 aromatic heterocycles. The number of aliphatic hydroxyl groups is 7. The topological polar surface area (TPSA) is 344 Å². The van der Waals surface area contributed by atoms with Gasteiger partial charge in [0, 0.05) is 23.8 Å². The third-order valence-corrected chi connectivity index (χ3v) is 11.1. The molecular formula is C43H48O22. The first-order valence-electron chi connectivity index (χ1n) is 20.1. The fourth-order valence-corrected chi connectivity index (χ4v) is 7.49. The van der Waals surface area contributed by atoms with Crippen molar-refractivity contribution in [1.82, 2.24) is 0 Å². The van der Waals surface area contributed by atoms with Crippen molar-refractivity contribution in [2.45, 2.75) is 106 Å². The molecule has 11 N–H and O–H groups in total. The second-order valence-electron chi connectivity index (χ2n) is 15.6. The van der Waals surface area contributed by atoms with Gasteiger partial charge in [0.1, 0.15) is 77.0 Å². The van der Waals surface area contributed by atoms with Crippen molar-refractivity contribution in [3.63, 3.8) is 0 Å². The molecule has 3 aliphatic heterocycles. The average molecular weight is 917 g/mol. The van der Waals surface area contributed by atoms with Gasteiger partial charge in [-0.1, -0.05) is 6.07 Å². The van der Waals surface area contributed by atoms with E-state index in [0.717, 1.165) is 18.2 Å². The maximum absolute atomic E-state index is 14.3. The monoisotopic (exact) mass is 916 g/mol. The number of fused-ring (bicyclic) bond motifs is 1. The minimum absolute atomic E-state index is 0.105. The first kappa shape index (κ1) is 47.4. The molecule has 0 spiro atoms. The number of aliphatic hydroxyl groups excluding tert-OH is 7. The van der Waals surface area contributed by atoms with Crippen molar-refractivity contribution >= 4 is 23.0 Å². The molecule has 22 heteroatoms. The molecule has 3 aliphatic rings.